The van der Waals surface area contributed by atoms with Gasteiger partial charge in [0, 0.05) is 26.3 Å². The number of carbonyl (C=O) groups is 1. The van der Waals surface area contributed by atoms with Crippen LogP contribution in [-0.4, -0.2) is 38.1 Å². The third kappa shape index (κ3) is 4.06. The SMILES string of the molecule is COCCN(C)C(=O)c1ccc(C(C)(C)C)c(C)c1. The van der Waals surface area contributed by atoms with Gasteiger partial charge in [-0.25, -0.2) is 0 Å². The Hall–Kier alpha value is -1.35. The van der Waals surface area contributed by atoms with Gasteiger partial charge in [0.25, 0.3) is 5.91 Å². The maximum absolute atomic E-state index is 12.2. The Morgan fingerprint density at radius 3 is 2.42 bits per heavy atom. The summed E-state index contributed by atoms with van der Waals surface area (Å²) in [6, 6.07) is 5.96. The number of benzene rings is 1. The quantitative estimate of drug-likeness (QED) is 0.835. The number of hydrogen-bond donors (Lipinski definition) is 0. The van der Waals surface area contributed by atoms with Gasteiger partial charge >= 0.3 is 0 Å². The number of nitrogens with zero attached hydrogens (tertiary/aromatic N) is 1. The fraction of sp³-hybridized carbons (Fsp3) is 0.562. The molecule has 0 aliphatic carbocycles. The molecule has 0 unspecified atom stereocenters. The Balaban J connectivity index is 2.92. The standard InChI is InChI=1S/C16H25NO2/c1-12-11-13(7-8-14(12)16(2,3)4)15(18)17(5)9-10-19-6/h7-8,11H,9-10H2,1-6H3. The van der Waals surface area contributed by atoms with Gasteiger partial charge in [0.15, 0.2) is 0 Å². The van der Waals surface area contributed by atoms with Crippen molar-refractivity contribution in [1.82, 2.24) is 4.90 Å². The van der Waals surface area contributed by atoms with Crippen molar-refractivity contribution in [2.75, 3.05) is 27.3 Å². The molecule has 0 atom stereocenters. The molecular formula is C16H25NO2. The van der Waals surface area contributed by atoms with Crippen LogP contribution in [0.4, 0.5) is 0 Å². The van der Waals surface area contributed by atoms with Crippen LogP contribution in [-0.2, 0) is 10.2 Å². The predicted molar refractivity (Wildman–Crippen MR) is 78.7 cm³/mol. The fourth-order valence-corrected chi connectivity index (χ4v) is 2.19. The zero-order chi connectivity index (χ0) is 14.6. The topological polar surface area (TPSA) is 29.5 Å². The highest BCUT2D eigenvalue weighted by Crippen LogP contribution is 2.26. The molecule has 0 saturated carbocycles. The maximum Gasteiger partial charge on any atom is 0.253 e. The number of likely N-dealkylation sites (N-methyl/N-ethyl adjacent to an activating group) is 1. The summed E-state index contributed by atoms with van der Waals surface area (Å²) in [7, 11) is 3.44. The van der Waals surface area contributed by atoms with Gasteiger partial charge in [-0.15, -0.1) is 0 Å². The molecule has 1 rings (SSSR count). The molecule has 0 fully saturated rings. The molecule has 106 valence electrons. The molecule has 1 aromatic carbocycles. The summed E-state index contributed by atoms with van der Waals surface area (Å²) < 4.78 is 4.99. The minimum Gasteiger partial charge on any atom is -0.383 e. The first-order valence-electron chi connectivity index (χ1n) is 6.63. The van der Waals surface area contributed by atoms with Gasteiger partial charge in [0.1, 0.15) is 0 Å². The normalized spacial score (nSPS) is 11.5. The van der Waals surface area contributed by atoms with Crippen LogP contribution in [0.2, 0.25) is 0 Å². The number of rotatable bonds is 4. The van der Waals surface area contributed by atoms with E-state index in [-0.39, 0.29) is 11.3 Å². The van der Waals surface area contributed by atoms with E-state index in [0.717, 1.165) is 5.56 Å². The Kier molecular flexibility index (Phi) is 5.12. The Labute approximate surface area is 116 Å². The van der Waals surface area contributed by atoms with E-state index in [1.165, 1.54) is 11.1 Å². The molecule has 19 heavy (non-hydrogen) atoms. The van der Waals surface area contributed by atoms with Crippen LogP contribution in [0.3, 0.4) is 0 Å². The van der Waals surface area contributed by atoms with E-state index in [4.69, 9.17) is 4.74 Å². The molecule has 3 heteroatoms. The van der Waals surface area contributed by atoms with Crippen LogP contribution in [0.15, 0.2) is 18.2 Å². The van der Waals surface area contributed by atoms with Crippen molar-refractivity contribution in [1.29, 1.82) is 0 Å². The number of methoxy groups -OCH3 is 1. The second kappa shape index (κ2) is 6.20. The Morgan fingerprint density at radius 2 is 1.95 bits per heavy atom. The van der Waals surface area contributed by atoms with Gasteiger partial charge in [-0.1, -0.05) is 26.8 Å². The monoisotopic (exact) mass is 263 g/mol. The third-order valence-corrected chi connectivity index (χ3v) is 3.26. The molecule has 0 heterocycles. The van der Waals surface area contributed by atoms with Gasteiger partial charge in [0.2, 0.25) is 0 Å². The van der Waals surface area contributed by atoms with E-state index in [0.29, 0.717) is 13.2 Å². The predicted octanol–water partition coefficient (Wildman–Crippen LogP) is 3.01. The zero-order valence-electron chi connectivity index (χ0n) is 12.9. The fourth-order valence-electron chi connectivity index (χ4n) is 2.19. The van der Waals surface area contributed by atoms with Crippen molar-refractivity contribution in [2.24, 2.45) is 0 Å². The summed E-state index contributed by atoms with van der Waals surface area (Å²) in [6.07, 6.45) is 0. The molecule has 0 aliphatic heterocycles. The first kappa shape index (κ1) is 15.7. The first-order chi connectivity index (χ1) is 8.77. The lowest BCUT2D eigenvalue weighted by Crippen LogP contribution is -2.30. The lowest BCUT2D eigenvalue weighted by atomic mass is 9.83. The molecule has 0 radical (unpaired) electrons. The molecule has 0 N–H and O–H groups in total. The molecule has 1 amide bonds. The van der Waals surface area contributed by atoms with Crippen LogP contribution >= 0.6 is 0 Å². The minimum atomic E-state index is 0.0422. The second-order valence-corrected chi connectivity index (χ2v) is 6.00. The molecule has 0 bridgehead atoms. The summed E-state index contributed by atoms with van der Waals surface area (Å²) in [6.45, 7) is 9.77. The maximum atomic E-state index is 12.2. The van der Waals surface area contributed by atoms with Crippen LogP contribution in [0.1, 0.15) is 42.3 Å². The van der Waals surface area contributed by atoms with Gasteiger partial charge in [-0.2, -0.15) is 0 Å². The highest BCUT2D eigenvalue weighted by molar-refractivity contribution is 5.94. The van der Waals surface area contributed by atoms with E-state index >= 15 is 0 Å². The lowest BCUT2D eigenvalue weighted by Gasteiger charge is -2.23. The van der Waals surface area contributed by atoms with E-state index in [1.807, 2.05) is 12.1 Å². The second-order valence-electron chi connectivity index (χ2n) is 6.00. The first-order valence-corrected chi connectivity index (χ1v) is 6.63. The molecule has 0 saturated heterocycles. The average Bonchev–Trinajstić information content (AvgIpc) is 2.33. The zero-order valence-corrected chi connectivity index (χ0v) is 12.9. The molecular weight excluding hydrogens is 238 g/mol. The minimum absolute atomic E-state index is 0.0422. The number of ether oxygens (including phenoxy) is 1. The van der Waals surface area contributed by atoms with Crippen LogP contribution in [0.5, 0.6) is 0 Å². The summed E-state index contributed by atoms with van der Waals surface area (Å²) in [5, 5.41) is 0. The number of hydrogen-bond acceptors (Lipinski definition) is 2. The average molecular weight is 263 g/mol. The van der Waals surface area contributed by atoms with Crippen molar-refractivity contribution in [3.8, 4) is 0 Å². The Morgan fingerprint density at radius 1 is 1.32 bits per heavy atom. The number of aryl methyl sites for hydroxylation is 1. The van der Waals surface area contributed by atoms with E-state index < -0.39 is 0 Å². The van der Waals surface area contributed by atoms with Crippen molar-refractivity contribution in [2.45, 2.75) is 33.1 Å². The summed E-state index contributed by atoms with van der Waals surface area (Å²) in [5.74, 6) is 0.0422. The largest absolute Gasteiger partial charge is 0.383 e. The van der Waals surface area contributed by atoms with E-state index in [1.54, 1.807) is 19.1 Å². The summed E-state index contributed by atoms with van der Waals surface area (Å²) >= 11 is 0. The van der Waals surface area contributed by atoms with Crippen LogP contribution in [0, 0.1) is 6.92 Å². The highest BCUT2D eigenvalue weighted by Gasteiger charge is 2.18. The molecule has 3 nitrogen and oxygen atoms in total. The van der Waals surface area contributed by atoms with Crippen molar-refractivity contribution < 1.29 is 9.53 Å². The molecule has 1 aromatic rings. The van der Waals surface area contributed by atoms with Gasteiger partial charge in [-0.3, -0.25) is 4.79 Å². The summed E-state index contributed by atoms with van der Waals surface area (Å²) in [4.78, 5) is 13.9. The van der Waals surface area contributed by atoms with Crippen LogP contribution < -0.4 is 0 Å². The third-order valence-electron chi connectivity index (χ3n) is 3.26. The van der Waals surface area contributed by atoms with Gasteiger partial charge < -0.3 is 9.64 Å². The Bertz CT molecular complexity index is 447. The number of amides is 1. The van der Waals surface area contributed by atoms with Crippen molar-refractivity contribution in [3.05, 3.63) is 34.9 Å². The van der Waals surface area contributed by atoms with Crippen LogP contribution in [0.25, 0.3) is 0 Å². The molecule has 0 aromatic heterocycles. The van der Waals surface area contributed by atoms with Gasteiger partial charge in [-0.05, 0) is 35.6 Å². The summed E-state index contributed by atoms with van der Waals surface area (Å²) in [5.41, 5.74) is 3.29. The van der Waals surface area contributed by atoms with Gasteiger partial charge in [0.05, 0.1) is 6.61 Å². The number of carbonyl (C=O) groups excluding carboxylic acids is 1. The van der Waals surface area contributed by atoms with Crippen molar-refractivity contribution in [3.63, 3.8) is 0 Å². The smallest absolute Gasteiger partial charge is 0.253 e. The van der Waals surface area contributed by atoms with E-state index in [2.05, 4.69) is 33.8 Å². The highest BCUT2D eigenvalue weighted by atomic mass is 16.5. The van der Waals surface area contributed by atoms with E-state index in [9.17, 15) is 4.79 Å². The molecule has 0 aliphatic rings. The van der Waals surface area contributed by atoms with Crippen molar-refractivity contribution >= 4 is 5.91 Å². The molecule has 0 spiro atoms. The lowest BCUT2D eigenvalue weighted by molar-refractivity contribution is 0.0744.